The van der Waals surface area contributed by atoms with E-state index in [1.54, 1.807) is 6.33 Å². The number of aryl methyl sites for hydroxylation is 1. The first kappa shape index (κ1) is 15.2. The van der Waals surface area contributed by atoms with Crippen molar-refractivity contribution in [3.63, 3.8) is 0 Å². The molecule has 7 heteroatoms. The standard InChI is InChI=1S/C17H19ClN6/c1-2-24-10-20-23-17(24)12-4-3-5-13(8-12)19-9-14-15(11-6-7-11)21-22-16(14)18/h3-5,8,10-11,19H,2,6-7,9H2,1H3,(H,21,22). The maximum atomic E-state index is 6.23. The van der Waals surface area contributed by atoms with Crippen molar-refractivity contribution in [2.75, 3.05) is 5.32 Å². The van der Waals surface area contributed by atoms with Gasteiger partial charge in [-0.05, 0) is 31.9 Å². The molecule has 3 aromatic rings. The van der Waals surface area contributed by atoms with Gasteiger partial charge in [0.15, 0.2) is 11.0 Å². The monoisotopic (exact) mass is 342 g/mol. The number of nitrogens with zero attached hydrogens (tertiary/aromatic N) is 4. The molecule has 4 rings (SSSR count). The average Bonchev–Trinajstić information content (AvgIpc) is 3.21. The summed E-state index contributed by atoms with van der Waals surface area (Å²) in [5.41, 5.74) is 4.31. The van der Waals surface area contributed by atoms with Gasteiger partial charge < -0.3 is 9.88 Å². The van der Waals surface area contributed by atoms with E-state index < -0.39 is 0 Å². The number of H-pyrrole nitrogens is 1. The number of nitrogens with one attached hydrogen (secondary N) is 2. The molecule has 2 aromatic heterocycles. The number of benzene rings is 1. The average molecular weight is 343 g/mol. The van der Waals surface area contributed by atoms with E-state index in [-0.39, 0.29) is 0 Å². The molecule has 2 heterocycles. The van der Waals surface area contributed by atoms with E-state index in [9.17, 15) is 0 Å². The zero-order chi connectivity index (χ0) is 16.5. The Bertz CT molecular complexity index is 848. The number of rotatable bonds is 6. The van der Waals surface area contributed by atoms with Gasteiger partial charge in [0, 0.05) is 41.5 Å². The van der Waals surface area contributed by atoms with Crippen LogP contribution in [0.3, 0.4) is 0 Å². The molecule has 6 nitrogen and oxygen atoms in total. The highest BCUT2D eigenvalue weighted by Gasteiger charge is 2.29. The molecule has 0 atom stereocenters. The van der Waals surface area contributed by atoms with Crippen molar-refractivity contribution in [1.29, 1.82) is 0 Å². The van der Waals surface area contributed by atoms with Crippen LogP contribution >= 0.6 is 11.6 Å². The van der Waals surface area contributed by atoms with Gasteiger partial charge in [-0.25, -0.2) is 0 Å². The van der Waals surface area contributed by atoms with Crippen LogP contribution in [-0.2, 0) is 13.1 Å². The summed E-state index contributed by atoms with van der Waals surface area (Å²) >= 11 is 6.23. The van der Waals surface area contributed by atoms with Crippen molar-refractivity contribution < 1.29 is 0 Å². The highest BCUT2D eigenvalue weighted by Crippen LogP contribution is 2.42. The van der Waals surface area contributed by atoms with Crippen molar-refractivity contribution in [2.24, 2.45) is 0 Å². The van der Waals surface area contributed by atoms with Crippen LogP contribution in [0.4, 0.5) is 5.69 Å². The van der Waals surface area contributed by atoms with Gasteiger partial charge in [0.1, 0.15) is 6.33 Å². The molecular weight excluding hydrogens is 324 g/mol. The third kappa shape index (κ3) is 2.89. The Morgan fingerprint density at radius 2 is 2.25 bits per heavy atom. The van der Waals surface area contributed by atoms with Crippen LogP contribution in [0.5, 0.6) is 0 Å². The fourth-order valence-corrected chi connectivity index (χ4v) is 3.11. The van der Waals surface area contributed by atoms with Gasteiger partial charge in [0.05, 0.1) is 0 Å². The second-order valence-electron chi connectivity index (χ2n) is 6.06. The highest BCUT2D eigenvalue weighted by atomic mass is 35.5. The minimum atomic E-state index is 0.561. The smallest absolute Gasteiger partial charge is 0.163 e. The molecule has 0 saturated heterocycles. The van der Waals surface area contributed by atoms with Gasteiger partial charge in [0.25, 0.3) is 0 Å². The lowest BCUT2D eigenvalue weighted by atomic mass is 10.1. The summed E-state index contributed by atoms with van der Waals surface area (Å²) in [7, 11) is 0. The molecule has 0 spiro atoms. The number of anilines is 1. The Balaban J connectivity index is 1.54. The highest BCUT2D eigenvalue weighted by molar-refractivity contribution is 6.30. The van der Waals surface area contributed by atoms with Crippen LogP contribution in [0.15, 0.2) is 30.6 Å². The van der Waals surface area contributed by atoms with E-state index in [0.717, 1.165) is 29.2 Å². The zero-order valence-electron chi connectivity index (χ0n) is 13.5. The van der Waals surface area contributed by atoms with E-state index >= 15 is 0 Å². The SMILES string of the molecule is CCn1cnnc1-c1cccc(NCc2c(Cl)n[nH]c2C2CC2)c1. The molecule has 1 saturated carbocycles. The van der Waals surface area contributed by atoms with Crippen molar-refractivity contribution >= 4 is 17.3 Å². The molecule has 0 radical (unpaired) electrons. The van der Waals surface area contributed by atoms with Crippen LogP contribution in [0.25, 0.3) is 11.4 Å². The quantitative estimate of drug-likeness (QED) is 0.714. The topological polar surface area (TPSA) is 71.4 Å². The summed E-state index contributed by atoms with van der Waals surface area (Å²) < 4.78 is 2.03. The van der Waals surface area contributed by atoms with Crippen LogP contribution in [0.1, 0.15) is 36.9 Å². The molecule has 0 bridgehead atoms. The summed E-state index contributed by atoms with van der Waals surface area (Å²) in [5.74, 6) is 1.47. The summed E-state index contributed by atoms with van der Waals surface area (Å²) in [5, 5.41) is 19.5. The Morgan fingerprint density at radius 1 is 1.38 bits per heavy atom. The van der Waals surface area contributed by atoms with Crippen molar-refractivity contribution in [3.05, 3.63) is 47.0 Å². The number of halogens is 1. The van der Waals surface area contributed by atoms with Gasteiger partial charge in [0.2, 0.25) is 0 Å². The van der Waals surface area contributed by atoms with E-state index in [1.807, 2.05) is 22.8 Å². The Kier molecular flexibility index (Phi) is 3.98. The van der Waals surface area contributed by atoms with E-state index in [4.69, 9.17) is 11.6 Å². The van der Waals surface area contributed by atoms with Gasteiger partial charge in [-0.1, -0.05) is 23.7 Å². The normalized spacial score (nSPS) is 14.1. The van der Waals surface area contributed by atoms with E-state index in [0.29, 0.717) is 17.6 Å². The second-order valence-corrected chi connectivity index (χ2v) is 6.41. The van der Waals surface area contributed by atoms with Gasteiger partial charge in [-0.3, -0.25) is 5.10 Å². The summed E-state index contributed by atoms with van der Waals surface area (Å²) in [6.07, 6.45) is 4.18. The molecule has 1 aliphatic rings. The molecule has 124 valence electrons. The maximum Gasteiger partial charge on any atom is 0.163 e. The molecule has 0 amide bonds. The molecule has 1 aliphatic carbocycles. The first-order valence-electron chi connectivity index (χ1n) is 8.21. The number of aromatic amines is 1. The van der Waals surface area contributed by atoms with Crippen LogP contribution < -0.4 is 5.32 Å². The minimum absolute atomic E-state index is 0.561. The molecule has 0 aliphatic heterocycles. The summed E-state index contributed by atoms with van der Waals surface area (Å²) in [4.78, 5) is 0. The van der Waals surface area contributed by atoms with E-state index in [1.165, 1.54) is 18.5 Å². The summed E-state index contributed by atoms with van der Waals surface area (Å²) in [6.45, 7) is 3.58. The molecule has 2 N–H and O–H groups in total. The van der Waals surface area contributed by atoms with Gasteiger partial charge in [-0.2, -0.15) is 5.10 Å². The Labute approximate surface area is 145 Å². The van der Waals surface area contributed by atoms with Crippen LogP contribution in [0, 0.1) is 0 Å². The molecule has 1 fully saturated rings. The largest absolute Gasteiger partial charge is 0.381 e. The number of hydrogen-bond donors (Lipinski definition) is 2. The molecular formula is C17H19ClN6. The third-order valence-electron chi connectivity index (χ3n) is 4.38. The maximum absolute atomic E-state index is 6.23. The van der Waals surface area contributed by atoms with Crippen LogP contribution in [0.2, 0.25) is 5.15 Å². The number of aromatic nitrogens is 5. The third-order valence-corrected chi connectivity index (χ3v) is 4.69. The predicted octanol–water partition coefficient (Wildman–Crippen LogP) is 3.83. The summed E-state index contributed by atoms with van der Waals surface area (Å²) in [6, 6.07) is 8.19. The zero-order valence-corrected chi connectivity index (χ0v) is 14.2. The van der Waals surface area contributed by atoms with Crippen molar-refractivity contribution in [2.45, 2.75) is 38.8 Å². The lowest BCUT2D eigenvalue weighted by molar-refractivity contribution is 0.767. The lowest BCUT2D eigenvalue weighted by Crippen LogP contribution is -2.02. The van der Waals surface area contributed by atoms with Gasteiger partial charge in [-0.15, -0.1) is 10.2 Å². The van der Waals surface area contributed by atoms with Crippen LogP contribution in [-0.4, -0.2) is 25.0 Å². The Morgan fingerprint density at radius 3 is 3.04 bits per heavy atom. The fourth-order valence-electron chi connectivity index (χ4n) is 2.90. The molecule has 1 aromatic carbocycles. The predicted molar refractivity (Wildman–Crippen MR) is 94.0 cm³/mol. The van der Waals surface area contributed by atoms with Gasteiger partial charge >= 0.3 is 0 Å². The second kappa shape index (κ2) is 6.28. The lowest BCUT2D eigenvalue weighted by Gasteiger charge is -2.09. The Hall–Kier alpha value is -2.34. The molecule has 24 heavy (non-hydrogen) atoms. The van der Waals surface area contributed by atoms with Crippen molar-refractivity contribution in [3.8, 4) is 11.4 Å². The molecule has 0 unspecified atom stereocenters. The minimum Gasteiger partial charge on any atom is -0.381 e. The first-order valence-corrected chi connectivity index (χ1v) is 8.58. The van der Waals surface area contributed by atoms with E-state index in [2.05, 4.69) is 38.7 Å². The van der Waals surface area contributed by atoms with Crippen molar-refractivity contribution in [1.82, 2.24) is 25.0 Å². The first-order chi connectivity index (χ1) is 11.8. The fraction of sp³-hybridized carbons (Fsp3) is 0.353. The number of hydrogen-bond acceptors (Lipinski definition) is 4.